The molecule has 182 valence electrons. The SMILES string of the molecule is CC(C)Cn1nc(C(=O)N2CC(C(=O)N3CCCCC3)Oc3ccccc32)c2ccccc2c1=O. The van der Waals surface area contributed by atoms with Crippen LogP contribution in [0.2, 0.25) is 0 Å². The molecule has 1 aromatic heterocycles. The monoisotopic (exact) mass is 474 g/mol. The lowest BCUT2D eigenvalue weighted by Gasteiger charge is -2.37. The van der Waals surface area contributed by atoms with Crippen molar-refractivity contribution < 1.29 is 14.3 Å². The van der Waals surface area contributed by atoms with E-state index < -0.39 is 6.10 Å². The molecule has 1 unspecified atom stereocenters. The Balaban J connectivity index is 1.57. The lowest BCUT2D eigenvalue weighted by molar-refractivity contribution is -0.139. The van der Waals surface area contributed by atoms with Gasteiger partial charge in [0.05, 0.1) is 17.6 Å². The van der Waals surface area contributed by atoms with Crippen LogP contribution in [0.15, 0.2) is 53.3 Å². The molecule has 0 aliphatic carbocycles. The van der Waals surface area contributed by atoms with Crippen molar-refractivity contribution in [1.29, 1.82) is 0 Å². The molecule has 2 aliphatic heterocycles. The van der Waals surface area contributed by atoms with Crippen LogP contribution in [0, 0.1) is 5.92 Å². The fourth-order valence-corrected chi connectivity index (χ4v) is 4.86. The number of benzene rings is 2. The van der Waals surface area contributed by atoms with Crippen LogP contribution in [0.5, 0.6) is 5.75 Å². The highest BCUT2D eigenvalue weighted by atomic mass is 16.5. The highest BCUT2D eigenvalue weighted by Crippen LogP contribution is 2.35. The van der Waals surface area contributed by atoms with E-state index in [0.29, 0.717) is 41.8 Å². The first-order chi connectivity index (χ1) is 16.9. The minimum absolute atomic E-state index is 0.0878. The van der Waals surface area contributed by atoms with Gasteiger partial charge in [0.25, 0.3) is 17.4 Å². The fraction of sp³-hybridized carbons (Fsp3) is 0.407. The molecular weight excluding hydrogens is 444 g/mol. The molecule has 35 heavy (non-hydrogen) atoms. The standard InChI is InChI=1S/C27H30N4O4/c1-18(2)16-31-25(32)20-11-5-4-10-19(20)24(28-31)27(34)30-17-23(26(33)29-14-8-3-9-15-29)35-22-13-7-6-12-21(22)30/h4-7,10-13,18,23H,3,8-9,14-17H2,1-2H3. The summed E-state index contributed by atoms with van der Waals surface area (Å²) in [5.74, 6) is 0.215. The Morgan fingerprint density at radius 1 is 1.00 bits per heavy atom. The molecule has 2 amide bonds. The second kappa shape index (κ2) is 9.52. The van der Waals surface area contributed by atoms with Crippen molar-refractivity contribution in [2.75, 3.05) is 24.5 Å². The van der Waals surface area contributed by atoms with Crippen molar-refractivity contribution in [3.63, 3.8) is 0 Å². The number of rotatable bonds is 4. The van der Waals surface area contributed by atoms with Crippen LogP contribution in [0.4, 0.5) is 5.69 Å². The number of carbonyl (C=O) groups is 2. The minimum atomic E-state index is -0.792. The summed E-state index contributed by atoms with van der Waals surface area (Å²) in [4.78, 5) is 43.8. The number of hydrogen-bond acceptors (Lipinski definition) is 5. The fourth-order valence-electron chi connectivity index (χ4n) is 4.86. The maximum Gasteiger partial charge on any atom is 0.279 e. The molecule has 0 spiro atoms. The molecule has 0 saturated carbocycles. The number of nitrogens with zero attached hydrogens (tertiary/aromatic N) is 4. The molecule has 2 aromatic carbocycles. The average molecular weight is 475 g/mol. The Morgan fingerprint density at radius 2 is 1.69 bits per heavy atom. The lowest BCUT2D eigenvalue weighted by Crippen LogP contribution is -2.53. The Labute approximate surface area is 204 Å². The normalized spacial score (nSPS) is 17.9. The van der Waals surface area contributed by atoms with Crippen LogP contribution >= 0.6 is 0 Å². The summed E-state index contributed by atoms with van der Waals surface area (Å²) in [6.07, 6.45) is 2.28. The Bertz CT molecular complexity index is 1330. The number of amides is 2. The first-order valence-electron chi connectivity index (χ1n) is 12.3. The van der Waals surface area contributed by atoms with Gasteiger partial charge in [-0.1, -0.05) is 44.2 Å². The molecule has 0 N–H and O–H groups in total. The Hall–Kier alpha value is -3.68. The van der Waals surface area contributed by atoms with E-state index in [4.69, 9.17) is 4.74 Å². The molecule has 8 heteroatoms. The summed E-state index contributed by atoms with van der Waals surface area (Å²) in [5.41, 5.74) is 0.570. The quantitative estimate of drug-likeness (QED) is 0.578. The molecule has 0 bridgehead atoms. The van der Waals surface area contributed by atoms with E-state index in [1.807, 2.05) is 30.9 Å². The van der Waals surface area contributed by atoms with Crippen molar-refractivity contribution in [2.24, 2.45) is 5.92 Å². The summed E-state index contributed by atoms with van der Waals surface area (Å²) in [5, 5.41) is 5.48. The van der Waals surface area contributed by atoms with Crippen molar-refractivity contribution in [3.8, 4) is 5.75 Å². The van der Waals surface area contributed by atoms with E-state index in [1.165, 1.54) is 4.68 Å². The van der Waals surface area contributed by atoms with Gasteiger partial charge in [0.1, 0.15) is 5.75 Å². The van der Waals surface area contributed by atoms with Gasteiger partial charge in [0.2, 0.25) is 0 Å². The van der Waals surface area contributed by atoms with E-state index in [-0.39, 0.29) is 35.5 Å². The number of aromatic nitrogens is 2. The summed E-state index contributed by atoms with van der Waals surface area (Å²) >= 11 is 0. The number of likely N-dealkylation sites (tertiary alicyclic amines) is 1. The number of piperidine rings is 1. The van der Waals surface area contributed by atoms with Gasteiger partial charge in [0.15, 0.2) is 11.8 Å². The predicted octanol–water partition coefficient (Wildman–Crippen LogP) is 3.47. The number of hydrogen-bond donors (Lipinski definition) is 0. The van der Waals surface area contributed by atoms with Gasteiger partial charge in [0, 0.05) is 25.0 Å². The Kier molecular flexibility index (Phi) is 6.28. The number of ether oxygens (including phenoxy) is 1. The summed E-state index contributed by atoms with van der Waals surface area (Å²) in [7, 11) is 0. The zero-order valence-electron chi connectivity index (χ0n) is 20.1. The third-order valence-corrected chi connectivity index (χ3v) is 6.57. The van der Waals surface area contributed by atoms with Crippen LogP contribution in [-0.4, -0.2) is 52.2 Å². The smallest absolute Gasteiger partial charge is 0.279 e. The van der Waals surface area contributed by atoms with Crippen molar-refractivity contribution >= 4 is 28.3 Å². The molecule has 1 fully saturated rings. The van der Waals surface area contributed by atoms with Gasteiger partial charge >= 0.3 is 0 Å². The summed E-state index contributed by atoms with van der Waals surface area (Å²) in [6, 6.07) is 14.3. The van der Waals surface area contributed by atoms with E-state index in [1.54, 1.807) is 41.3 Å². The van der Waals surface area contributed by atoms with Crippen molar-refractivity contribution in [2.45, 2.75) is 45.8 Å². The van der Waals surface area contributed by atoms with Gasteiger partial charge in [-0.15, -0.1) is 0 Å². The zero-order valence-corrected chi connectivity index (χ0v) is 20.1. The van der Waals surface area contributed by atoms with Gasteiger partial charge in [-0.3, -0.25) is 19.3 Å². The number of para-hydroxylation sites is 2. The predicted molar refractivity (Wildman–Crippen MR) is 134 cm³/mol. The molecule has 0 radical (unpaired) electrons. The van der Waals surface area contributed by atoms with Crippen LogP contribution in [0.3, 0.4) is 0 Å². The average Bonchev–Trinajstić information content (AvgIpc) is 2.89. The molecule has 2 aliphatic rings. The van der Waals surface area contributed by atoms with Crippen molar-refractivity contribution in [3.05, 3.63) is 64.6 Å². The molecule has 1 saturated heterocycles. The number of anilines is 1. The second-order valence-corrected chi connectivity index (χ2v) is 9.65. The summed E-state index contributed by atoms with van der Waals surface area (Å²) in [6.45, 7) is 5.91. The minimum Gasteiger partial charge on any atom is -0.476 e. The van der Waals surface area contributed by atoms with E-state index in [9.17, 15) is 14.4 Å². The number of carbonyl (C=O) groups excluding carboxylic acids is 2. The van der Waals surface area contributed by atoms with Crippen LogP contribution in [-0.2, 0) is 11.3 Å². The highest BCUT2D eigenvalue weighted by Gasteiger charge is 2.37. The molecule has 5 rings (SSSR count). The largest absolute Gasteiger partial charge is 0.476 e. The lowest BCUT2D eigenvalue weighted by atomic mass is 10.1. The maximum absolute atomic E-state index is 14.0. The highest BCUT2D eigenvalue weighted by molar-refractivity contribution is 6.13. The van der Waals surface area contributed by atoms with Gasteiger partial charge < -0.3 is 9.64 Å². The first-order valence-corrected chi connectivity index (χ1v) is 12.3. The molecule has 3 heterocycles. The van der Waals surface area contributed by atoms with Gasteiger partial charge in [-0.25, -0.2) is 4.68 Å². The van der Waals surface area contributed by atoms with Crippen molar-refractivity contribution in [1.82, 2.24) is 14.7 Å². The molecule has 3 aromatic rings. The second-order valence-electron chi connectivity index (χ2n) is 9.65. The third kappa shape index (κ3) is 4.40. The van der Waals surface area contributed by atoms with Gasteiger partial charge in [-0.2, -0.15) is 5.10 Å². The van der Waals surface area contributed by atoms with Crippen LogP contribution in [0.1, 0.15) is 43.6 Å². The van der Waals surface area contributed by atoms with Gasteiger partial charge in [-0.05, 0) is 43.4 Å². The zero-order chi connectivity index (χ0) is 24.5. The summed E-state index contributed by atoms with van der Waals surface area (Å²) < 4.78 is 7.46. The van der Waals surface area contributed by atoms with E-state index >= 15 is 0 Å². The molecule has 8 nitrogen and oxygen atoms in total. The number of fused-ring (bicyclic) bond motifs is 2. The van der Waals surface area contributed by atoms with Crippen LogP contribution < -0.4 is 15.2 Å². The van der Waals surface area contributed by atoms with E-state index in [0.717, 1.165) is 19.3 Å². The third-order valence-electron chi connectivity index (χ3n) is 6.57. The molecule has 1 atom stereocenters. The van der Waals surface area contributed by atoms with E-state index in [2.05, 4.69) is 5.10 Å². The Morgan fingerprint density at radius 3 is 2.43 bits per heavy atom. The first kappa shape index (κ1) is 23.1. The van der Waals surface area contributed by atoms with Crippen LogP contribution in [0.25, 0.3) is 10.8 Å². The molecular formula is C27H30N4O4. The topological polar surface area (TPSA) is 84.7 Å². The maximum atomic E-state index is 14.0.